The fraction of sp³-hybridized carbons (Fsp3) is 0.300. The van der Waals surface area contributed by atoms with Gasteiger partial charge in [0.2, 0.25) is 0 Å². The van der Waals surface area contributed by atoms with Crippen LogP contribution in [0.25, 0.3) is 5.95 Å². The van der Waals surface area contributed by atoms with Gasteiger partial charge in [0, 0.05) is 13.1 Å². The summed E-state index contributed by atoms with van der Waals surface area (Å²) in [4.78, 5) is 23.0. The number of amides is 2. The van der Waals surface area contributed by atoms with Crippen molar-refractivity contribution in [3.05, 3.63) is 54.6 Å². The first-order valence-corrected chi connectivity index (χ1v) is 9.76. The summed E-state index contributed by atoms with van der Waals surface area (Å²) in [6.45, 7) is 1.95. The Morgan fingerprint density at radius 3 is 2.39 bits per heavy atom. The summed E-state index contributed by atoms with van der Waals surface area (Å²) in [6.07, 6.45) is 5.23. The summed E-state index contributed by atoms with van der Waals surface area (Å²) in [5, 5.41) is 8.77. The minimum absolute atomic E-state index is 0.283. The highest BCUT2D eigenvalue weighted by atomic mass is 19.4. The first-order valence-electron chi connectivity index (χ1n) is 9.76. The molecule has 2 amide bonds. The molecule has 1 aliphatic heterocycles. The van der Waals surface area contributed by atoms with E-state index in [0.29, 0.717) is 5.95 Å². The van der Waals surface area contributed by atoms with Crippen molar-refractivity contribution >= 4 is 23.1 Å². The molecule has 31 heavy (non-hydrogen) atoms. The van der Waals surface area contributed by atoms with Crippen LogP contribution in [0.5, 0.6) is 0 Å². The van der Waals surface area contributed by atoms with Gasteiger partial charge < -0.3 is 15.5 Å². The molecule has 8 nitrogen and oxygen atoms in total. The largest absolute Gasteiger partial charge is 0.418 e. The van der Waals surface area contributed by atoms with Gasteiger partial charge in [0.05, 0.1) is 47.4 Å². The second-order valence-electron chi connectivity index (χ2n) is 7.09. The number of halogens is 3. The number of aromatic nitrogens is 4. The average Bonchev–Trinajstić information content (AvgIpc) is 3.22. The van der Waals surface area contributed by atoms with E-state index >= 15 is 0 Å². The van der Waals surface area contributed by atoms with Gasteiger partial charge in [-0.1, -0.05) is 12.1 Å². The van der Waals surface area contributed by atoms with Gasteiger partial charge in [-0.3, -0.25) is 0 Å². The van der Waals surface area contributed by atoms with Crippen LogP contribution >= 0.6 is 0 Å². The smallest absolute Gasteiger partial charge is 0.369 e. The average molecular weight is 431 g/mol. The van der Waals surface area contributed by atoms with Crippen LogP contribution in [0.2, 0.25) is 0 Å². The molecule has 0 aliphatic carbocycles. The number of rotatable bonds is 4. The quantitative estimate of drug-likeness (QED) is 0.643. The molecule has 3 aromatic rings. The minimum atomic E-state index is -4.58. The summed E-state index contributed by atoms with van der Waals surface area (Å²) < 4.78 is 40.6. The Balaban J connectivity index is 1.41. The number of carbonyl (C=O) groups excluding carboxylic acids is 1. The SMILES string of the molecule is O=C(Nc1cnn(-c2ncc(N3CCCCC3)cn2)c1)Nc1ccccc1C(F)(F)F. The number of alkyl halides is 3. The zero-order valence-corrected chi connectivity index (χ0v) is 16.4. The highest BCUT2D eigenvalue weighted by Gasteiger charge is 2.33. The van der Waals surface area contributed by atoms with Gasteiger partial charge in [-0.25, -0.2) is 19.4 Å². The van der Waals surface area contributed by atoms with Crippen molar-refractivity contribution in [1.82, 2.24) is 19.7 Å². The lowest BCUT2D eigenvalue weighted by Gasteiger charge is -2.28. The van der Waals surface area contributed by atoms with Crippen molar-refractivity contribution in [2.24, 2.45) is 0 Å². The summed E-state index contributed by atoms with van der Waals surface area (Å²) in [7, 11) is 0. The number of hydrogen-bond acceptors (Lipinski definition) is 5. The van der Waals surface area contributed by atoms with Gasteiger partial charge >= 0.3 is 12.2 Å². The van der Waals surface area contributed by atoms with Crippen LogP contribution in [-0.2, 0) is 6.18 Å². The fourth-order valence-corrected chi connectivity index (χ4v) is 3.37. The van der Waals surface area contributed by atoms with Crippen LogP contribution in [0.1, 0.15) is 24.8 Å². The van der Waals surface area contributed by atoms with Gasteiger partial charge in [-0.05, 0) is 31.4 Å². The Kier molecular flexibility index (Phi) is 5.74. The van der Waals surface area contributed by atoms with Gasteiger partial charge in [0.25, 0.3) is 5.95 Å². The molecule has 162 valence electrons. The van der Waals surface area contributed by atoms with Crippen molar-refractivity contribution in [3.63, 3.8) is 0 Å². The summed E-state index contributed by atoms with van der Waals surface area (Å²) in [6, 6.07) is 3.93. The molecule has 1 saturated heterocycles. The van der Waals surface area contributed by atoms with Crippen LogP contribution in [0.3, 0.4) is 0 Å². The van der Waals surface area contributed by atoms with Gasteiger partial charge in [0.1, 0.15) is 0 Å². The fourth-order valence-electron chi connectivity index (χ4n) is 3.37. The number of urea groups is 1. The second-order valence-corrected chi connectivity index (χ2v) is 7.09. The van der Waals surface area contributed by atoms with E-state index in [1.165, 1.54) is 41.7 Å². The number of piperidine rings is 1. The van der Waals surface area contributed by atoms with E-state index in [9.17, 15) is 18.0 Å². The van der Waals surface area contributed by atoms with Gasteiger partial charge in [-0.15, -0.1) is 0 Å². The molecule has 3 heterocycles. The normalized spacial score (nSPS) is 14.4. The van der Waals surface area contributed by atoms with E-state index in [1.807, 2.05) is 0 Å². The Labute approximate surface area is 176 Å². The van der Waals surface area contributed by atoms with E-state index in [0.717, 1.165) is 37.7 Å². The monoisotopic (exact) mass is 431 g/mol. The van der Waals surface area contributed by atoms with Crippen LogP contribution in [0.4, 0.5) is 35.0 Å². The maximum absolute atomic E-state index is 13.1. The number of para-hydroxylation sites is 1. The maximum Gasteiger partial charge on any atom is 0.418 e. The standard InChI is InChI=1S/C20H20F3N7O/c21-20(22,23)16-6-2-3-7-17(16)28-19(31)27-14-10-26-30(13-14)18-24-11-15(12-25-18)29-8-4-1-5-9-29/h2-3,6-7,10-13H,1,4-5,8-9H2,(H2,27,28,31). The van der Waals surface area contributed by atoms with Crippen molar-refractivity contribution in [3.8, 4) is 5.95 Å². The third-order valence-electron chi connectivity index (χ3n) is 4.87. The van der Waals surface area contributed by atoms with Crippen molar-refractivity contribution in [1.29, 1.82) is 0 Å². The van der Waals surface area contributed by atoms with E-state index in [2.05, 4.69) is 30.6 Å². The summed E-state index contributed by atoms with van der Waals surface area (Å²) in [5.41, 5.74) is -0.0399. The molecule has 4 rings (SSSR count). The van der Waals surface area contributed by atoms with E-state index in [1.54, 1.807) is 12.4 Å². The molecule has 0 atom stereocenters. The van der Waals surface area contributed by atoms with Crippen LogP contribution in [0.15, 0.2) is 49.1 Å². The lowest BCUT2D eigenvalue weighted by Crippen LogP contribution is -2.29. The predicted molar refractivity (Wildman–Crippen MR) is 109 cm³/mol. The molecule has 2 N–H and O–H groups in total. The Morgan fingerprint density at radius 1 is 0.968 bits per heavy atom. The van der Waals surface area contributed by atoms with E-state index in [4.69, 9.17) is 0 Å². The van der Waals surface area contributed by atoms with Crippen molar-refractivity contribution in [2.45, 2.75) is 25.4 Å². The molecule has 1 aliphatic rings. The minimum Gasteiger partial charge on any atom is -0.369 e. The first kappa shape index (κ1) is 20.6. The van der Waals surface area contributed by atoms with Gasteiger partial charge in [-0.2, -0.15) is 18.3 Å². The lowest BCUT2D eigenvalue weighted by atomic mass is 10.1. The first-order chi connectivity index (χ1) is 14.9. The highest BCUT2D eigenvalue weighted by molar-refractivity contribution is 6.00. The van der Waals surface area contributed by atoms with E-state index in [-0.39, 0.29) is 11.4 Å². The molecule has 1 fully saturated rings. The van der Waals surface area contributed by atoms with Crippen LogP contribution in [-0.4, -0.2) is 38.9 Å². The molecule has 0 bridgehead atoms. The number of nitrogens with one attached hydrogen (secondary N) is 2. The second kappa shape index (κ2) is 8.62. The molecule has 0 unspecified atom stereocenters. The highest BCUT2D eigenvalue weighted by Crippen LogP contribution is 2.34. The van der Waals surface area contributed by atoms with Crippen LogP contribution in [0, 0.1) is 0 Å². The number of nitrogens with zero attached hydrogens (tertiary/aromatic N) is 5. The summed E-state index contributed by atoms with van der Waals surface area (Å²) in [5.74, 6) is 0.316. The topological polar surface area (TPSA) is 88.0 Å². The van der Waals surface area contributed by atoms with E-state index < -0.39 is 17.8 Å². The molecule has 11 heteroatoms. The third-order valence-corrected chi connectivity index (χ3v) is 4.87. The molecular weight excluding hydrogens is 411 g/mol. The molecule has 0 spiro atoms. The number of benzene rings is 1. The van der Waals surface area contributed by atoms with Crippen molar-refractivity contribution in [2.75, 3.05) is 28.6 Å². The number of anilines is 3. The molecule has 1 aromatic carbocycles. The number of hydrogen-bond donors (Lipinski definition) is 2. The molecule has 2 aromatic heterocycles. The van der Waals surface area contributed by atoms with Crippen LogP contribution < -0.4 is 15.5 Å². The molecule has 0 saturated carbocycles. The zero-order valence-electron chi connectivity index (χ0n) is 16.4. The summed E-state index contributed by atoms with van der Waals surface area (Å²) >= 11 is 0. The molecular formula is C20H20F3N7O. The predicted octanol–water partition coefficient (Wildman–Crippen LogP) is 4.32. The number of carbonyl (C=O) groups is 1. The van der Waals surface area contributed by atoms with Crippen molar-refractivity contribution < 1.29 is 18.0 Å². The third kappa shape index (κ3) is 4.93. The van der Waals surface area contributed by atoms with Gasteiger partial charge in [0.15, 0.2) is 0 Å². The maximum atomic E-state index is 13.1. The lowest BCUT2D eigenvalue weighted by molar-refractivity contribution is -0.136. The Bertz CT molecular complexity index is 1040. The zero-order chi connectivity index (χ0) is 21.8. The Morgan fingerprint density at radius 2 is 1.68 bits per heavy atom. The Hall–Kier alpha value is -3.63. The molecule has 0 radical (unpaired) electrons.